The lowest BCUT2D eigenvalue weighted by atomic mass is 10.1. The van der Waals surface area contributed by atoms with Crippen LogP contribution in [0.5, 0.6) is 5.75 Å². The fraction of sp³-hybridized carbons (Fsp3) is 0.316. The SMILES string of the molecule is Cc1cc(C)cc(OCCN(C)C(=O)c2ccc(C)c(F)c2)c1. The maximum Gasteiger partial charge on any atom is 0.253 e. The Hall–Kier alpha value is -2.36. The second kappa shape index (κ2) is 7.27. The minimum atomic E-state index is -0.365. The first-order valence-corrected chi connectivity index (χ1v) is 7.59. The molecule has 0 radical (unpaired) electrons. The van der Waals surface area contributed by atoms with Crippen LogP contribution in [0.1, 0.15) is 27.0 Å². The van der Waals surface area contributed by atoms with Gasteiger partial charge in [-0.15, -0.1) is 0 Å². The smallest absolute Gasteiger partial charge is 0.253 e. The first-order valence-electron chi connectivity index (χ1n) is 7.59. The van der Waals surface area contributed by atoms with E-state index in [-0.39, 0.29) is 11.7 Å². The van der Waals surface area contributed by atoms with Gasteiger partial charge in [-0.1, -0.05) is 12.1 Å². The van der Waals surface area contributed by atoms with E-state index in [9.17, 15) is 9.18 Å². The zero-order chi connectivity index (χ0) is 17.0. The van der Waals surface area contributed by atoms with E-state index in [0.29, 0.717) is 24.3 Å². The van der Waals surface area contributed by atoms with Gasteiger partial charge in [-0.05, 0) is 61.7 Å². The second-order valence-electron chi connectivity index (χ2n) is 5.86. The monoisotopic (exact) mass is 315 g/mol. The topological polar surface area (TPSA) is 29.5 Å². The third-order valence-corrected chi connectivity index (χ3v) is 3.66. The minimum absolute atomic E-state index is 0.215. The molecule has 2 rings (SSSR count). The molecule has 1 amide bonds. The molecule has 0 aliphatic rings. The van der Waals surface area contributed by atoms with E-state index in [2.05, 4.69) is 6.07 Å². The fourth-order valence-electron chi connectivity index (χ4n) is 2.36. The minimum Gasteiger partial charge on any atom is -0.492 e. The molecule has 2 aromatic carbocycles. The van der Waals surface area contributed by atoms with E-state index < -0.39 is 0 Å². The molecule has 0 aliphatic heterocycles. The molecule has 0 N–H and O–H groups in total. The molecule has 0 fully saturated rings. The number of carbonyl (C=O) groups is 1. The number of hydrogen-bond acceptors (Lipinski definition) is 2. The van der Waals surface area contributed by atoms with Crippen molar-refractivity contribution in [2.24, 2.45) is 0 Å². The highest BCUT2D eigenvalue weighted by Crippen LogP contribution is 2.16. The standard InChI is InChI=1S/C19H22FNO2/c1-13-9-14(2)11-17(10-13)23-8-7-21(4)19(22)16-6-5-15(3)18(20)12-16/h5-6,9-12H,7-8H2,1-4H3. The summed E-state index contributed by atoms with van der Waals surface area (Å²) >= 11 is 0. The Kier molecular flexibility index (Phi) is 5.37. The zero-order valence-electron chi connectivity index (χ0n) is 14.0. The molecule has 3 nitrogen and oxygen atoms in total. The van der Waals surface area contributed by atoms with E-state index in [1.54, 1.807) is 26.1 Å². The van der Waals surface area contributed by atoms with E-state index in [1.807, 2.05) is 26.0 Å². The van der Waals surface area contributed by atoms with Crippen LogP contribution in [0.3, 0.4) is 0 Å². The van der Waals surface area contributed by atoms with Gasteiger partial charge in [-0.3, -0.25) is 4.79 Å². The van der Waals surface area contributed by atoms with Crippen LogP contribution in [0, 0.1) is 26.6 Å². The summed E-state index contributed by atoms with van der Waals surface area (Å²) in [4.78, 5) is 13.8. The van der Waals surface area contributed by atoms with Crippen molar-refractivity contribution >= 4 is 5.91 Å². The fourth-order valence-corrected chi connectivity index (χ4v) is 2.36. The maximum atomic E-state index is 13.6. The number of carbonyl (C=O) groups excluding carboxylic acids is 1. The van der Waals surface area contributed by atoms with Crippen molar-refractivity contribution in [1.82, 2.24) is 4.90 Å². The van der Waals surface area contributed by atoms with Gasteiger partial charge in [0.1, 0.15) is 18.2 Å². The molecule has 4 heteroatoms. The van der Waals surface area contributed by atoms with Crippen LogP contribution in [0.25, 0.3) is 0 Å². The molecule has 0 unspecified atom stereocenters. The van der Waals surface area contributed by atoms with Crippen molar-refractivity contribution in [2.45, 2.75) is 20.8 Å². The number of amides is 1. The highest BCUT2D eigenvalue weighted by Gasteiger charge is 2.13. The Morgan fingerprint density at radius 2 is 1.74 bits per heavy atom. The largest absolute Gasteiger partial charge is 0.492 e. The number of halogens is 1. The summed E-state index contributed by atoms with van der Waals surface area (Å²) < 4.78 is 19.3. The highest BCUT2D eigenvalue weighted by atomic mass is 19.1. The first-order chi connectivity index (χ1) is 10.9. The van der Waals surface area contributed by atoms with Crippen LogP contribution in [0.2, 0.25) is 0 Å². The van der Waals surface area contributed by atoms with Crippen molar-refractivity contribution in [3.05, 3.63) is 64.5 Å². The van der Waals surface area contributed by atoms with Gasteiger partial charge < -0.3 is 9.64 Å². The Bertz CT molecular complexity index is 692. The molecule has 0 saturated carbocycles. The predicted molar refractivity (Wildman–Crippen MR) is 89.5 cm³/mol. The van der Waals surface area contributed by atoms with Gasteiger partial charge in [-0.25, -0.2) is 4.39 Å². The number of hydrogen-bond donors (Lipinski definition) is 0. The van der Waals surface area contributed by atoms with Crippen molar-refractivity contribution in [1.29, 1.82) is 0 Å². The average molecular weight is 315 g/mol. The first kappa shape index (κ1) is 17.0. The molecular formula is C19H22FNO2. The lowest BCUT2D eigenvalue weighted by Crippen LogP contribution is -2.31. The molecule has 0 bridgehead atoms. The Balaban J connectivity index is 1.92. The van der Waals surface area contributed by atoms with Gasteiger partial charge in [0.15, 0.2) is 0 Å². The Morgan fingerprint density at radius 3 is 2.35 bits per heavy atom. The zero-order valence-corrected chi connectivity index (χ0v) is 14.0. The van der Waals surface area contributed by atoms with Gasteiger partial charge in [0.05, 0.1) is 6.54 Å². The summed E-state index contributed by atoms with van der Waals surface area (Å²) in [6, 6.07) is 10.5. The van der Waals surface area contributed by atoms with Crippen LogP contribution in [0.15, 0.2) is 36.4 Å². The number of rotatable bonds is 5. The Morgan fingerprint density at radius 1 is 1.09 bits per heavy atom. The molecule has 2 aromatic rings. The van der Waals surface area contributed by atoms with Crippen molar-refractivity contribution in [3.8, 4) is 5.75 Å². The van der Waals surface area contributed by atoms with Crippen molar-refractivity contribution in [3.63, 3.8) is 0 Å². The molecule has 122 valence electrons. The normalized spacial score (nSPS) is 10.5. The lowest BCUT2D eigenvalue weighted by Gasteiger charge is -2.18. The number of aryl methyl sites for hydroxylation is 3. The van der Waals surface area contributed by atoms with Crippen LogP contribution < -0.4 is 4.74 Å². The van der Waals surface area contributed by atoms with E-state index >= 15 is 0 Å². The van der Waals surface area contributed by atoms with Crippen LogP contribution in [-0.4, -0.2) is 31.0 Å². The summed E-state index contributed by atoms with van der Waals surface area (Å²) in [6.45, 7) is 6.52. The van der Waals surface area contributed by atoms with Gasteiger partial charge in [-0.2, -0.15) is 0 Å². The molecule has 0 saturated heterocycles. The van der Waals surface area contributed by atoms with Crippen molar-refractivity contribution in [2.75, 3.05) is 20.2 Å². The molecule has 0 aliphatic carbocycles. The van der Waals surface area contributed by atoms with Crippen molar-refractivity contribution < 1.29 is 13.9 Å². The number of likely N-dealkylation sites (N-methyl/N-ethyl adjacent to an activating group) is 1. The lowest BCUT2D eigenvalue weighted by molar-refractivity contribution is 0.0773. The summed E-state index contributed by atoms with van der Waals surface area (Å²) in [6.07, 6.45) is 0. The molecule has 23 heavy (non-hydrogen) atoms. The quantitative estimate of drug-likeness (QED) is 0.837. The summed E-state index contributed by atoms with van der Waals surface area (Å²) in [7, 11) is 1.69. The van der Waals surface area contributed by atoms with E-state index in [0.717, 1.165) is 16.9 Å². The number of nitrogens with zero attached hydrogens (tertiary/aromatic N) is 1. The van der Waals surface area contributed by atoms with Crippen LogP contribution in [-0.2, 0) is 0 Å². The molecule has 0 spiro atoms. The van der Waals surface area contributed by atoms with Gasteiger partial charge >= 0.3 is 0 Å². The summed E-state index contributed by atoms with van der Waals surface area (Å²) in [5.74, 6) is 0.216. The third kappa shape index (κ3) is 4.55. The van der Waals surface area contributed by atoms with Gasteiger partial charge in [0.25, 0.3) is 5.91 Å². The average Bonchev–Trinajstić information content (AvgIpc) is 2.48. The van der Waals surface area contributed by atoms with E-state index in [1.165, 1.54) is 11.0 Å². The molecule has 0 aromatic heterocycles. The van der Waals surface area contributed by atoms with E-state index in [4.69, 9.17) is 4.74 Å². The van der Waals surface area contributed by atoms with Gasteiger partial charge in [0.2, 0.25) is 0 Å². The van der Waals surface area contributed by atoms with Crippen LogP contribution in [0.4, 0.5) is 4.39 Å². The molecule has 0 heterocycles. The molecule has 0 atom stereocenters. The summed E-state index contributed by atoms with van der Waals surface area (Å²) in [5, 5.41) is 0. The predicted octanol–water partition coefficient (Wildman–Crippen LogP) is 3.90. The number of ether oxygens (including phenoxy) is 1. The highest BCUT2D eigenvalue weighted by molar-refractivity contribution is 5.94. The molecular weight excluding hydrogens is 293 g/mol. The third-order valence-electron chi connectivity index (χ3n) is 3.66. The Labute approximate surface area is 136 Å². The maximum absolute atomic E-state index is 13.6. The number of benzene rings is 2. The summed E-state index contributed by atoms with van der Waals surface area (Å²) in [5.41, 5.74) is 3.16. The second-order valence-corrected chi connectivity index (χ2v) is 5.86. The van der Waals surface area contributed by atoms with Crippen LogP contribution >= 0.6 is 0 Å². The van der Waals surface area contributed by atoms with Gasteiger partial charge in [0, 0.05) is 12.6 Å².